The van der Waals surface area contributed by atoms with E-state index >= 15 is 0 Å². The first kappa shape index (κ1) is 15.8. The quantitative estimate of drug-likeness (QED) is 0.620. The van der Waals surface area contributed by atoms with Crippen molar-refractivity contribution in [1.82, 2.24) is 10.2 Å². The first-order valence-electron chi connectivity index (χ1n) is 7.70. The highest BCUT2D eigenvalue weighted by Gasteiger charge is 2.44. The molecule has 2 rings (SSSR count). The molecule has 0 aromatic carbocycles. The molecule has 1 aliphatic carbocycles. The smallest absolute Gasteiger partial charge is 0.325 e. The molecule has 1 aliphatic heterocycles. The van der Waals surface area contributed by atoms with Crippen LogP contribution >= 0.6 is 0 Å². The van der Waals surface area contributed by atoms with Crippen LogP contribution in [0.3, 0.4) is 0 Å². The van der Waals surface area contributed by atoms with Crippen LogP contribution in [-0.2, 0) is 14.3 Å². The average molecular weight is 296 g/mol. The van der Waals surface area contributed by atoms with E-state index in [4.69, 9.17) is 4.74 Å². The minimum atomic E-state index is -0.886. The van der Waals surface area contributed by atoms with Crippen molar-refractivity contribution in [2.24, 2.45) is 5.92 Å². The molecule has 6 heteroatoms. The van der Waals surface area contributed by atoms with Crippen LogP contribution in [0.25, 0.3) is 0 Å². The van der Waals surface area contributed by atoms with Gasteiger partial charge in [-0.1, -0.05) is 19.3 Å². The van der Waals surface area contributed by atoms with Gasteiger partial charge in [0.05, 0.1) is 13.0 Å². The van der Waals surface area contributed by atoms with Crippen LogP contribution in [0.1, 0.15) is 52.4 Å². The summed E-state index contributed by atoms with van der Waals surface area (Å²) >= 11 is 0. The van der Waals surface area contributed by atoms with Crippen molar-refractivity contribution in [2.75, 3.05) is 13.2 Å². The number of nitrogens with one attached hydrogen (secondary N) is 1. The summed E-state index contributed by atoms with van der Waals surface area (Å²) in [5.41, 5.74) is -0.886. The van der Waals surface area contributed by atoms with Gasteiger partial charge in [-0.05, 0) is 32.6 Å². The molecule has 0 atom stereocenters. The Hall–Kier alpha value is -1.59. The minimum absolute atomic E-state index is 0.0575. The molecule has 2 aliphatic rings. The largest absolute Gasteiger partial charge is 0.465 e. The van der Waals surface area contributed by atoms with Gasteiger partial charge in [-0.15, -0.1) is 0 Å². The van der Waals surface area contributed by atoms with Crippen molar-refractivity contribution in [3.05, 3.63) is 0 Å². The van der Waals surface area contributed by atoms with Gasteiger partial charge in [-0.2, -0.15) is 0 Å². The van der Waals surface area contributed by atoms with Crippen molar-refractivity contribution in [3.8, 4) is 0 Å². The lowest BCUT2D eigenvalue weighted by Crippen LogP contribution is -2.40. The van der Waals surface area contributed by atoms with Crippen LogP contribution in [0, 0.1) is 5.92 Å². The molecule has 1 heterocycles. The number of hydrogen-bond donors (Lipinski definition) is 1. The fourth-order valence-corrected chi connectivity index (χ4v) is 2.86. The van der Waals surface area contributed by atoms with Crippen molar-refractivity contribution < 1.29 is 19.1 Å². The molecule has 21 heavy (non-hydrogen) atoms. The molecule has 1 N–H and O–H groups in total. The Morgan fingerprint density at radius 3 is 2.52 bits per heavy atom. The predicted molar refractivity (Wildman–Crippen MR) is 76.5 cm³/mol. The van der Waals surface area contributed by atoms with E-state index in [0.717, 1.165) is 17.7 Å². The summed E-state index contributed by atoms with van der Waals surface area (Å²) in [4.78, 5) is 36.4. The van der Waals surface area contributed by atoms with Crippen LogP contribution < -0.4 is 5.32 Å². The molecule has 0 aromatic heterocycles. The lowest BCUT2D eigenvalue weighted by molar-refractivity contribution is -0.145. The molecule has 3 amide bonds. The molecule has 0 aromatic rings. The fourth-order valence-electron chi connectivity index (χ4n) is 2.86. The van der Waals surface area contributed by atoms with E-state index < -0.39 is 11.6 Å². The molecule has 2 fully saturated rings. The van der Waals surface area contributed by atoms with E-state index in [1.807, 2.05) is 0 Å². The number of esters is 1. The van der Waals surface area contributed by atoms with E-state index in [9.17, 15) is 14.4 Å². The highest BCUT2D eigenvalue weighted by molar-refractivity contribution is 6.06. The molecule has 0 spiro atoms. The molecule has 118 valence electrons. The second kappa shape index (κ2) is 6.45. The Morgan fingerprint density at radius 2 is 1.95 bits per heavy atom. The van der Waals surface area contributed by atoms with Gasteiger partial charge in [0.25, 0.3) is 5.91 Å². The lowest BCUT2D eigenvalue weighted by atomic mass is 9.90. The topological polar surface area (TPSA) is 75.7 Å². The summed E-state index contributed by atoms with van der Waals surface area (Å²) < 4.78 is 5.26. The van der Waals surface area contributed by atoms with Gasteiger partial charge in [-0.3, -0.25) is 14.5 Å². The number of rotatable bonds is 5. The average Bonchev–Trinajstić information content (AvgIpc) is 2.64. The third-order valence-electron chi connectivity index (χ3n) is 4.19. The number of carbonyl (C=O) groups is 3. The molecule has 0 unspecified atom stereocenters. The zero-order chi connectivity index (χ0) is 15.5. The van der Waals surface area contributed by atoms with Gasteiger partial charge in [-0.25, -0.2) is 4.79 Å². The van der Waals surface area contributed by atoms with Gasteiger partial charge >= 0.3 is 12.0 Å². The van der Waals surface area contributed by atoms with Gasteiger partial charge in [0.1, 0.15) is 5.54 Å². The second-order valence-corrected chi connectivity index (χ2v) is 6.45. The molecule has 0 radical (unpaired) electrons. The highest BCUT2D eigenvalue weighted by Crippen LogP contribution is 2.23. The Kier molecular flexibility index (Phi) is 4.85. The molecule has 6 nitrogen and oxygen atoms in total. The van der Waals surface area contributed by atoms with E-state index in [1.165, 1.54) is 19.3 Å². The Balaban J connectivity index is 1.71. The van der Waals surface area contributed by atoms with E-state index in [2.05, 4.69) is 5.32 Å². The van der Waals surface area contributed by atoms with Crippen LogP contribution in [0.15, 0.2) is 0 Å². The van der Waals surface area contributed by atoms with Gasteiger partial charge in [0.2, 0.25) is 0 Å². The summed E-state index contributed by atoms with van der Waals surface area (Å²) in [5, 5.41) is 2.59. The Bertz CT molecular complexity index is 427. The third kappa shape index (κ3) is 3.95. The van der Waals surface area contributed by atoms with Crippen LogP contribution in [0.4, 0.5) is 4.79 Å². The lowest BCUT2D eigenvalue weighted by Gasteiger charge is -2.21. The highest BCUT2D eigenvalue weighted by atomic mass is 16.5. The standard InChI is InChI=1S/C15H24N2O4/c1-15(2)13(19)17(14(20)16-15)9-8-12(18)21-10-11-6-4-3-5-7-11/h11H,3-10H2,1-2H3,(H,16,20). The van der Waals surface area contributed by atoms with Crippen molar-refractivity contribution in [2.45, 2.75) is 57.9 Å². The SMILES string of the molecule is CC1(C)NC(=O)N(CCC(=O)OCC2CCCCC2)C1=O. The van der Waals surface area contributed by atoms with Gasteiger partial charge < -0.3 is 10.1 Å². The maximum Gasteiger partial charge on any atom is 0.325 e. The molecular weight excluding hydrogens is 272 g/mol. The van der Waals surface area contributed by atoms with Crippen LogP contribution in [0.5, 0.6) is 0 Å². The number of carbonyl (C=O) groups excluding carboxylic acids is 3. The number of hydrogen-bond acceptors (Lipinski definition) is 4. The van der Waals surface area contributed by atoms with Crippen LogP contribution in [-0.4, -0.2) is 41.5 Å². The van der Waals surface area contributed by atoms with Crippen molar-refractivity contribution >= 4 is 17.9 Å². The van der Waals surface area contributed by atoms with Gasteiger partial charge in [0, 0.05) is 6.54 Å². The number of amides is 3. The molecule has 0 bridgehead atoms. The predicted octanol–water partition coefficient (Wildman–Crippen LogP) is 1.83. The molecular formula is C15H24N2O4. The summed E-state index contributed by atoms with van der Waals surface area (Å²) in [5.74, 6) is -0.170. The number of urea groups is 1. The summed E-state index contributed by atoms with van der Waals surface area (Å²) in [6, 6.07) is -0.440. The maximum absolute atomic E-state index is 11.9. The number of ether oxygens (including phenoxy) is 1. The maximum atomic E-state index is 11.9. The zero-order valence-electron chi connectivity index (χ0n) is 12.8. The van der Waals surface area contributed by atoms with Gasteiger partial charge in [0.15, 0.2) is 0 Å². The fraction of sp³-hybridized carbons (Fsp3) is 0.800. The van der Waals surface area contributed by atoms with E-state index in [1.54, 1.807) is 13.8 Å². The van der Waals surface area contributed by atoms with E-state index in [0.29, 0.717) is 12.5 Å². The molecule has 1 saturated heterocycles. The number of nitrogens with zero attached hydrogens (tertiary/aromatic N) is 1. The van der Waals surface area contributed by atoms with Crippen molar-refractivity contribution in [1.29, 1.82) is 0 Å². The van der Waals surface area contributed by atoms with E-state index in [-0.39, 0.29) is 24.8 Å². The van der Waals surface area contributed by atoms with Crippen LogP contribution in [0.2, 0.25) is 0 Å². The number of imide groups is 1. The minimum Gasteiger partial charge on any atom is -0.465 e. The third-order valence-corrected chi connectivity index (χ3v) is 4.19. The Morgan fingerprint density at radius 1 is 1.29 bits per heavy atom. The van der Waals surface area contributed by atoms with Crippen molar-refractivity contribution in [3.63, 3.8) is 0 Å². The second-order valence-electron chi connectivity index (χ2n) is 6.45. The monoisotopic (exact) mass is 296 g/mol. The summed E-state index contributed by atoms with van der Waals surface area (Å²) in [6.45, 7) is 3.84. The summed E-state index contributed by atoms with van der Waals surface area (Å²) in [6.07, 6.45) is 5.98. The molecule has 1 saturated carbocycles. The first-order chi connectivity index (χ1) is 9.90. The summed E-state index contributed by atoms with van der Waals surface area (Å²) in [7, 11) is 0. The normalized spacial score (nSPS) is 22.3. The first-order valence-corrected chi connectivity index (χ1v) is 7.70. The zero-order valence-corrected chi connectivity index (χ0v) is 12.8. The Labute approximate surface area is 125 Å².